The Labute approximate surface area is 114 Å². The Morgan fingerprint density at radius 2 is 1.95 bits per heavy atom. The zero-order valence-corrected chi connectivity index (χ0v) is 10.7. The number of nitro benzene ring substituents is 1. The van der Waals surface area contributed by atoms with Gasteiger partial charge in [-0.25, -0.2) is 4.39 Å². The van der Waals surface area contributed by atoms with Gasteiger partial charge in [-0.1, -0.05) is 29.8 Å². The van der Waals surface area contributed by atoms with E-state index in [9.17, 15) is 14.5 Å². The number of hydrogen-bond acceptors (Lipinski definition) is 3. The number of para-hydroxylation sites is 2. The van der Waals surface area contributed by atoms with Crippen LogP contribution in [-0.2, 0) is 0 Å². The third kappa shape index (κ3) is 2.66. The van der Waals surface area contributed by atoms with Crippen LogP contribution in [0.2, 0.25) is 5.02 Å². The molecule has 0 heterocycles. The van der Waals surface area contributed by atoms with Crippen LogP contribution in [0, 0.1) is 22.9 Å². The minimum atomic E-state index is -0.596. The van der Waals surface area contributed by atoms with E-state index in [1.54, 1.807) is 25.1 Å². The van der Waals surface area contributed by atoms with Gasteiger partial charge in [0.1, 0.15) is 16.5 Å². The van der Waals surface area contributed by atoms with Gasteiger partial charge in [-0.05, 0) is 30.7 Å². The van der Waals surface area contributed by atoms with E-state index in [0.29, 0.717) is 5.56 Å². The molecule has 0 fully saturated rings. The highest BCUT2D eigenvalue weighted by Crippen LogP contribution is 2.35. The van der Waals surface area contributed by atoms with Gasteiger partial charge in [-0.3, -0.25) is 10.1 Å². The largest absolute Gasteiger partial charge is 0.347 e. The normalized spacial score (nSPS) is 10.3. The summed E-state index contributed by atoms with van der Waals surface area (Å²) in [5.41, 5.74) is 0.736. The highest BCUT2D eigenvalue weighted by molar-refractivity contribution is 6.33. The van der Waals surface area contributed by atoms with Crippen LogP contribution in [0.15, 0.2) is 36.4 Å². The summed E-state index contributed by atoms with van der Waals surface area (Å²) < 4.78 is 13.7. The van der Waals surface area contributed by atoms with Crippen molar-refractivity contribution in [3.63, 3.8) is 0 Å². The zero-order chi connectivity index (χ0) is 14.0. The van der Waals surface area contributed by atoms with E-state index in [1.165, 1.54) is 18.2 Å². The van der Waals surface area contributed by atoms with Crippen LogP contribution in [0.3, 0.4) is 0 Å². The highest BCUT2D eigenvalue weighted by atomic mass is 35.5. The van der Waals surface area contributed by atoms with Gasteiger partial charge in [-0.2, -0.15) is 0 Å². The second-order valence-electron chi connectivity index (χ2n) is 3.95. The van der Waals surface area contributed by atoms with Gasteiger partial charge in [0.15, 0.2) is 0 Å². The molecule has 6 heteroatoms. The van der Waals surface area contributed by atoms with Crippen LogP contribution in [0.1, 0.15) is 5.56 Å². The molecule has 0 spiro atoms. The van der Waals surface area contributed by atoms with Gasteiger partial charge in [0.2, 0.25) is 0 Å². The number of nitro groups is 1. The Balaban J connectivity index is 2.50. The molecule has 0 radical (unpaired) electrons. The summed E-state index contributed by atoms with van der Waals surface area (Å²) in [5.74, 6) is -0.478. The van der Waals surface area contributed by atoms with E-state index < -0.39 is 10.7 Å². The van der Waals surface area contributed by atoms with Crippen molar-refractivity contribution in [2.24, 2.45) is 0 Å². The van der Waals surface area contributed by atoms with Crippen molar-refractivity contribution in [3.05, 3.63) is 62.9 Å². The average Bonchev–Trinajstić information content (AvgIpc) is 2.33. The molecule has 0 bridgehead atoms. The van der Waals surface area contributed by atoms with Crippen molar-refractivity contribution in [1.82, 2.24) is 0 Å². The maximum atomic E-state index is 13.7. The van der Waals surface area contributed by atoms with Crippen LogP contribution in [0.5, 0.6) is 0 Å². The fourth-order valence-corrected chi connectivity index (χ4v) is 1.97. The van der Waals surface area contributed by atoms with E-state index in [0.717, 1.165) is 0 Å². The number of benzene rings is 2. The van der Waals surface area contributed by atoms with E-state index in [1.807, 2.05) is 0 Å². The number of halogens is 2. The first kappa shape index (κ1) is 13.3. The number of anilines is 2. The first-order valence-corrected chi connectivity index (χ1v) is 5.83. The van der Waals surface area contributed by atoms with Crippen LogP contribution in [0.25, 0.3) is 0 Å². The molecule has 0 aliphatic rings. The maximum absolute atomic E-state index is 13.7. The van der Waals surface area contributed by atoms with Crippen molar-refractivity contribution in [2.75, 3.05) is 5.32 Å². The topological polar surface area (TPSA) is 55.2 Å². The van der Waals surface area contributed by atoms with Crippen molar-refractivity contribution < 1.29 is 9.31 Å². The van der Waals surface area contributed by atoms with E-state index in [4.69, 9.17) is 11.6 Å². The molecule has 0 aliphatic heterocycles. The van der Waals surface area contributed by atoms with E-state index in [2.05, 4.69) is 5.32 Å². The molecule has 2 aromatic carbocycles. The lowest BCUT2D eigenvalue weighted by atomic mass is 10.1. The number of nitrogens with one attached hydrogen (secondary N) is 1. The molecule has 2 rings (SSSR count). The quantitative estimate of drug-likeness (QED) is 0.668. The summed E-state index contributed by atoms with van der Waals surface area (Å²) in [5, 5.41) is 13.7. The third-order valence-electron chi connectivity index (χ3n) is 2.65. The Morgan fingerprint density at radius 3 is 2.58 bits per heavy atom. The summed E-state index contributed by atoms with van der Waals surface area (Å²) in [4.78, 5) is 10.4. The third-order valence-corrected chi connectivity index (χ3v) is 2.96. The molecule has 0 saturated heterocycles. The molecule has 0 aliphatic carbocycles. The van der Waals surface area contributed by atoms with Crippen LogP contribution < -0.4 is 5.32 Å². The Kier molecular flexibility index (Phi) is 3.66. The molecule has 0 amide bonds. The van der Waals surface area contributed by atoms with Crippen LogP contribution in [-0.4, -0.2) is 4.92 Å². The fourth-order valence-electron chi connectivity index (χ4n) is 1.73. The Hall–Kier alpha value is -2.14. The molecule has 0 atom stereocenters. The summed E-state index contributed by atoms with van der Waals surface area (Å²) in [6, 6.07) is 9.03. The molecule has 0 saturated carbocycles. The molecule has 0 unspecified atom stereocenters. The smallest absolute Gasteiger partial charge is 0.311 e. The zero-order valence-electron chi connectivity index (χ0n) is 9.98. The highest BCUT2D eigenvalue weighted by Gasteiger charge is 2.19. The fraction of sp³-hybridized carbons (Fsp3) is 0.0769. The molecular formula is C13H10ClFN2O2. The number of hydrogen-bond donors (Lipinski definition) is 1. The van der Waals surface area contributed by atoms with Crippen molar-refractivity contribution >= 4 is 28.7 Å². The predicted molar refractivity (Wildman–Crippen MR) is 72.5 cm³/mol. The van der Waals surface area contributed by atoms with Gasteiger partial charge in [0, 0.05) is 0 Å². The summed E-state index contributed by atoms with van der Waals surface area (Å²) >= 11 is 5.79. The van der Waals surface area contributed by atoms with E-state index >= 15 is 0 Å². The summed E-state index contributed by atoms with van der Waals surface area (Å²) in [6.45, 7) is 1.71. The lowest BCUT2D eigenvalue weighted by Gasteiger charge is -2.11. The van der Waals surface area contributed by atoms with E-state index in [-0.39, 0.29) is 22.1 Å². The molecule has 4 nitrogen and oxygen atoms in total. The number of nitrogens with zero attached hydrogens (tertiary/aromatic N) is 1. The predicted octanol–water partition coefficient (Wildman–Crippen LogP) is 4.44. The van der Waals surface area contributed by atoms with Crippen molar-refractivity contribution in [1.29, 1.82) is 0 Å². The Morgan fingerprint density at radius 1 is 1.26 bits per heavy atom. The molecule has 2 aromatic rings. The minimum absolute atomic E-state index is 0.00370. The summed E-state index contributed by atoms with van der Waals surface area (Å²) in [7, 11) is 0. The van der Waals surface area contributed by atoms with Crippen molar-refractivity contribution in [2.45, 2.75) is 6.92 Å². The van der Waals surface area contributed by atoms with Crippen molar-refractivity contribution in [3.8, 4) is 0 Å². The second-order valence-corrected chi connectivity index (χ2v) is 4.36. The Bertz CT molecular complexity index is 626. The molecular weight excluding hydrogens is 271 g/mol. The minimum Gasteiger partial charge on any atom is -0.347 e. The molecule has 19 heavy (non-hydrogen) atoms. The molecule has 98 valence electrons. The first-order valence-electron chi connectivity index (χ1n) is 5.45. The number of rotatable bonds is 3. The van der Waals surface area contributed by atoms with Gasteiger partial charge in [0.25, 0.3) is 0 Å². The monoisotopic (exact) mass is 280 g/mol. The van der Waals surface area contributed by atoms with Gasteiger partial charge < -0.3 is 5.32 Å². The lowest BCUT2D eigenvalue weighted by Crippen LogP contribution is -2.00. The molecule has 1 N–H and O–H groups in total. The average molecular weight is 281 g/mol. The van der Waals surface area contributed by atoms with Gasteiger partial charge in [0.05, 0.1) is 10.6 Å². The first-order chi connectivity index (χ1) is 9.00. The van der Waals surface area contributed by atoms with Crippen LogP contribution in [0.4, 0.5) is 21.5 Å². The summed E-state index contributed by atoms with van der Waals surface area (Å²) in [6.07, 6.45) is 0. The maximum Gasteiger partial charge on any atom is 0.311 e. The standard InChI is InChI=1S/C13H10ClFN2O2/c1-8-4-2-6-10(15)12(8)16-11-7-3-5-9(14)13(11)17(18)19/h2-7,16H,1H3. The molecule has 0 aromatic heterocycles. The van der Waals surface area contributed by atoms with Gasteiger partial charge >= 0.3 is 5.69 Å². The van der Waals surface area contributed by atoms with Crippen LogP contribution >= 0.6 is 11.6 Å². The SMILES string of the molecule is Cc1cccc(F)c1Nc1cccc(Cl)c1[N+](=O)[O-]. The second kappa shape index (κ2) is 5.24. The number of aryl methyl sites for hydroxylation is 1. The lowest BCUT2D eigenvalue weighted by molar-refractivity contribution is -0.383. The van der Waals surface area contributed by atoms with Gasteiger partial charge in [-0.15, -0.1) is 0 Å².